The lowest BCUT2D eigenvalue weighted by Crippen LogP contribution is -2.39. The van der Waals surface area contributed by atoms with E-state index in [2.05, 4.69) is 58.6 Å². The van der Waals surface area contributed by atoms with Gasteiger partial charge in [0.1, 0.15) is 5.75 Å². The van der Waals surface area contributed by atoms with Crippen LogP contribution in [0.2, 0.25) is 0 Å². The van der Waals surface area contributed by atoms with Gasteiger partial charge < -0.3 is 19.9 Å². The minimum Gasteiger partial charge on any atom is -0.497 e. The van der Waals surface area contributed by atoms with Crippen LogP contribution < -0.4 is 10.1 Å². The third kappa shape index (κ3) is 6.22. The van der Waals surface area contributed by atoms with Crippen molar-refractivity contribution in [2.24, 2.45) is 4.99 Å². The van der Waals surface area contributed by atoms with Crippen LogP contribution in [0, 0.1) is 6.92 Å². The molecule has 7 heteroatoms. The standard InChI is InChI=1S/C20H31N5OS/c1-7-21-20(25(5)13-17-14-27-15(2)23-17)22-12-19(24(3)4)16-8-10-18(26-6)11-9-16/h8-11,14,19H,7,12-13H2,1-6H3,(H,21,22). The average molecular weight is 390 g/mol. The number of aryl methyl sites for hydroxylation is 1. The van der Waals surface area contributed by atoms with Crippen LogP contribution >= 0.6 is 11.3 Å². The van der Waals surface area contributed by atoms with E-state index in [1.807, 2.05) is 26.1 Å². The number of aliphatic imine (C=N–C) groups is 1. The number of benzene rings is 1. The normalized spacial score (nSPS) is 12.9. The Morgan fingerprint density at radius 2 is 1.96 bits per heavy atom. The number of aromatic nitrogens is 1. The van der Waals surface area contributed by atoms with Crippen molar-refractivity contribution in [3.63, 3.8) is 0 Å². The molecule has 1 unspecified atom stereocenters. The molecule has 0 saturated carbocycles. The Morgan fingerprint density at radius 1 is 1.26 bits per heavy atom. The molecule has 1 N–H and O–H groups in total. The summed E-state index contributed by atoms with van der Waals surface area (Å²) in [6.45, 7) is 6.36. The van der Waals surface area contributed by atoms with Gasteiger partial charge in [-0.15, -0.1) is 11.3 Å². The fraction of sp³-hybridized carbons (Fsp3) is 0.500. The van der Waals surface area contributed by atoms with Crippen molar-refractivity contribution >= 4 is 17.3 Å². The summed E-state index contributed by atoms with van der Waals surface area (Å²) in [7, 11) is 7.90. The first-order chi connectivity index (χ1) is 12.9. The lowest BCUT2D eigenvalue weighted by molar-refractivity contribution is 0.304. The first-order valence-corrected chi connectivity index (χ1v) is 10.0. The highest BCUT2D eigenvalue weighted by Crippen LogP contribution is 2.21. The first-order valence-electron chi connectivity index (χ1n) is 9.15. The zero-order valence-electron chi connectivity index (χ0n) is 17.2. The molecule has 1 aromatic carbocycles. The third-order valence-corrected chi connectivity index (χ3v) is 5.12. The number of nitrogens with zero attached hydrogens (tertiary/aromatic N) is 4. The second-order valence-electron chi connectivity index (χ2n) is 6.66. The largest absolute Gasteiger partial charge is 0.497 e. The fourth-order valence-electron chi connectivity index (χ4n) is 2.83. The summed E-state index contributed by atoms with van der Waals surface area (Å²) in [5.74, 6) is 1.76. The highest BCUT2D eigenvalue weighted by atomic mass is 32.1. The topological polar surface area (TPSA) is 53.0 Å². The number of rotatable bonds is 8. The van der Waals surface area contributed by atoms with Crippen LogP contribution in [0.1, 0.15) is 29.2 Å². The van der Waals surface area contributed by atoms with Gasteiger partial charge in [-0.05, 0) is 45.6 Å². The highest BCUT2D eigenvalue weighted by Gasteiger charge is 2.15. The molecule has 6 nitrogen and oxygen atoms in total. The Morgan fingerprint density at radius 3 is 2.48 bits per heavy atom. The van der Waals surface area contributed by atoms with Gasteiger partial charge in [0, 0.05) is 19.0 Å². The van der Waals surface area contributed by atoms with Crippen molar-refractivity contribution in [3.8, 4) is 5.75 Å². The van der Waals surface area contributed by atoms with Gasteiger partial charge >= 0.3 is 0 Å². The molecule has 1 aromatic heterocycles. The van der Waals surface area contributed by atoms with Crippen molar-refractivity contribution in [2.75, 3.05) is 41.3 Å². The van der Waals surface area contributed by atoms with E-state index in [-0.39, 0.29) is 6.04 Å². The van der Waals surface area contributed by atoms with Gasteiger partial charge in [0.25, 0.3) is 0 Å². The summed E-state index contributed by atoms with van der Waals surface area (Å²) < 4.78 is 5.27. The number of likely N-dealkylation sites (N-methyl/N-ethyl adjacent to an activating group) is 1. The minimum atomic E-state index is 0.194. The Labute approximate surface area is 166 Å². The second kappa shape index (κ2) is 10.3. The second-order valence-corrected chi connectivity index (χ2v) is 7.72. The predicted octanol–water partition coefficient (Wildman–Crippen LogP) is 3.16. The van der Waals surface area contributed by atoms with Crippen molar-refractivity contribution in [3.05, 3.63) is 45.9 Å². The Hall–Kier alpha value is -2.12. The first kappa shape index (κ1) is 21.2. The zero-order valence-corrected chi connectivity index (χ0v) is 18.0. The van der Waals surface area contributed by atoms with Crippen LogP contribution in [0.3, 0.4) is 0 Å². The maximum Gasteiger partial charge on any atom is 0.194 e. The van der Waals surface area contributed by atoms with Crippen LogP contribution in [0.4, 0.5) is 0 Å². The number of guanidine groups is 1. The molecule has 0 fully saturated rings. The molecule has 0 aliphatic carbocycles. The predicted molar refractivity (Wildman–Crippen MR) is 114 cm³/mol. The van der Waals surface area contributed by atoms with Crippen LogP contribution in [0.25, 0.3) is 0 Å². The maximum atomic E-state index is 5.27. The number of methoxy groups -OCH3 is 1. The van der Waals surface area contributed by atoms with Gasteiger partial charge in [-0.1, -0.05) is 12.1 Å². The molecule has 0 amide bonds. The van der Waals surface area contributed by atoms with Crippen LogP contribution in [0.15, 0.2) is 34.6 Å². The number of thiazole rings is 1. The summed E-state index contributed by atoms with van der Waals surface area (Å²) in [5, 5.41) is 6.58. The Bertz CT molecular complexity index is 726. The molecule has 0 radical (unpaired) electrons. The van der Waals surface area contributed by atoms with Gasteiger partial charge in [-0.25, -0.2) is 4.98 Å². The van der Waals surface area contributed by atoms with Gasteiger partial charge in [-0.2, -0.15) is 0 Å². The Balaban J connectivity index is 2.13. The van der Waals surface area contributed by atoms with Crippen molar-refractivity contribution in [1.29, 1.82) is 0 Å². The summed E-state index contributed by atoms with van der Waals surface area (Å²) in [4.78, 5) is 13.8. The van der Waals surface area contributed by atoms with Gasteiger partial charge in [0.05, 0.1) is 36.9 Å². The van der Waals surface area contributed by atoms with Crippen LogP contribution in [-0.2, 0) is 6.54 Å². The summed E-state index contributed by atoms with van der Waals surface area (Å²) in [5.41, 5.74) is 2.29. The highest BCUT2D eigenvalue weighted by molar-refractivity contribution is 7.09. The molecule has 0 aliphatic rings. The van der Waals surface area contributed by atoms with E-state index < -0.39 is 0 Å². The molecule has 1 heterocycles. The third-order valence-electron chi connectivity index (χ3n) is 4.30. The molecule has 148 valence electrons. The van der Waals surface area contributed by atoms with E-state index in [1.165, 1.54) is 5.56 Å². The number of hydrogen-bond acceptors (Lipinski definition) is 5. The quantitative estimate of drug-likeness (QED) is 0.555. The molecule has 0 bridgehead atoms. The van der Waals surface area contributed by atoms with E-state index in [0.29, 0.717) is 6.54 Å². The average Bonchev–Trinajstić information content (AvgIpc) is 3.05. The molecule has 27 heavy (non-hydrogen) atoms. The smallest absolute Gasteiger partial charge is 0.194 e. The van der Waals surface area contributed by atoms with Crippen molar-refractivity contribution in [2.45, 2.75) is 26.4 Å². The van der Waals surface area contributed by atoms with E-state index in [4.69, 9.17) is 9.73 Å². The van der Waals surface area contributed by atoms with Crippen molar-refractivity contribution < 1.29 is 4.74 Å². The molecule has 1 atom stereocenters. The summed E-state index contributed by atoms with van der Waals surface area (Å²) in [6, 6.07) is 8.40. The molecule has 0 aliphatic heterocycles. The van der Waals surface area contributed by atoms with E-state index in [9.17, 15) is 0 Å². The summed E-state index contributed by atoms with van der Waals surface area (Å²) >= 11 is 1.68. The molecular formula is C20H31N5OS. The van der Waals surface area contributed by atoms with Gasteiger partial charge in [0.15, 0.2) is 5.96 Å². The molecular weight excluding hydrogens is 358 g/mol. The lowest BCUT2D eigenvalue weighted by atomic mass is 10.1. The summed E-state index contributed by atoms with van der Waals surface area (Å²) in [6.07, 6.45) is 0. The molecule has 0 saturated heterocycles. The fourth-order valence-corrected chi connectivity index (χ4v) is 3.44. The molecule has 2 rings (SSSR count). The molecule has 0 spiro atoms. The maximum absolute atomic E-state index is 5.27. The van der Waals surface area contributed by atoms with E-state index in [0.717, 1.165) is 35.5 Å². The van der Waals surface area contributed by atoms with E-state index in [1.54, 1.807) is 18.4 Å². The lowest BCUT2D eigenvalue weighted by Gasteiger charge is -2.26. The zero-order chi connectivity index (χ0) is 19.8. The monoisotopic (exact) mass is 389 g/mol. The number of ether oxygens (including phenoxy) is 1. The minimum absolute atomic E-state index is 0.194. The van der Waals surface area contributed by atoms with E-state index >= 15 is 0 Å². The van der Waals surface area contributed by atoms with Crippen molar-refractivity contribution in [1.82, 2.24) is 20.1 Å². The molecule has 2 aromatic rings. The van der Waals surface area contributed by atoms with Gasteiger partial charge in [0.2, 0.25) is 0 Å². The van der Waals surface area contributed by atoms with Crippen LogP contribution in [-0.4, -0.2) is 62.1 Å². The Kier molecular flexibility index (Phi) is 8.06. The van der Waals surface area contributed by atoms with Gasteiger partial charge in [-0.3, -0.25) is 4.99 Å². The van der Waals surface area contributed by atoms with Crippen LogP contribution in [0.5, 0.6) is 5.75 Å². The number of hydrogen-bond donors (Lipinski definition) is 1. The SMILES string of the molecule is CCNC(=NCC(c1ccc(OC)cc1)N(C)C)N(C)Cc1csc(C)n1. The number of nitrogens with one attached hydrogen (secondary N) is 1.